The fourth-order valence-corrected chi connectivity index (χ4v) is 11.9. The topological polar surface area (TPSA) is 178 Å². The van der Waals surface area contributed by atoms with E-state index in [0.29, 0.717) is 12.3 Å². The number of methoxy groups -OCH3 is 2. The zero-order valence-electron chi connectivity index (χ0n) is 31.6. The number of aliphatic hydroxyl groups is 5. The summed E-state index contributed by atoms with van der Waals surface area (Å²) in [5, 5.41) is 59.8. The summed E-state index contributed by atoms with van der Waals surface area (Å²) < 4.78 is 43.1. The van der Waals surface area contributed by atoms with E-state index in [1.54, 1.807) is 21.0 Å². The van der Waals surface area contributed by atoms with E-state index in [1.165, 1.54) is 12.7 Å². The fraction of sp³-hybridized carbons (Fsp3) is 0.947. The number of fused-ring (bicyclic) bond motifs is 7. The molecule has 7 rings (SSSR count). The standard InChI is InChI=1S/C38H63NO12/c1-18-28(41)32(46-8)29(42)34(49-18)51-30-19(2)48-26(16-25(30)45-7)50-20(3)38(44)33-31(47-17-37(6,43)39-33)27-23-10-9-21-15-22(40)11-13-35(21,4)24(23)12-14-36(27,38)5/h9,18-20,22-34,39-44H,10-17H2,1-8H3/t18-,19-,20+,22-,23+,24-,25+,26+,27-,28-,29-,30-,31+,32+,33-,34+,35-,36-,37-,38-/m0/s1. The van der Waals surface area contributed by atoms with Crippen LogP contribution in [0.1, 0.15) is 86.5 Å². The lowest BCUT2D eigenvalue weighted by molar-refractivity contribution is -0.347. The minimum atomic E-state index is -1.43. The van der Waals surface area contributed by atoms with Gasteiger partial charge in [-0.15, -0.1) is 0 Å². The molecule has 6 N–H and O–H groups in total. The molecule has 51 heavy (non-hydrogen) atoms. The van der Waals surface area contributed by atoms with Crippen LogP contribution < -0.4 is 5.32 Å². The highest BCUT2D eigenvalue weighted by molar-refractivity contribution is 5.30. The first-order valence-corrected chi connectivity index (χ1v) is 19.2. The van der Waals surface area contributed by atoms with Crippen LogP contribution in [0.3, 0.4) is 0 Å². The molecular weight excluding hydrogens is 662 g/mol. The van der Waals surface area contributed by atoms with Crippen molar-refractivity contribution in [3.63, 3.8) is 0 Å². The van der Waals surface area contributed by atoms with Crippen LogP contribution in [0.2, 0.25) is 0 Å². The van der Waals surface area contributed by atoms with E-state index in [2.05, 4.69) is 25.2 Å². The van der Waals surface area contributed by atoms with Gasteiger partial charge in [-0.05, 0) is 89.4 Å². The maximum atomic E-state index is 13.3. The Morgan fingerprint density at radius 1 is 0.941 bits per heavy atom. The Kier molecular flexibility index (Phi) is 10.4. The van der Waals surface area contributed by atoms with Gasteiger partial charge in [0.25, 0.3) is 0 Å². The van der Waals surface area contributed by atoms with Crippen molar-refractivity contribution in [1.82, 2.24) is 5.32 Å². The zero-order chi connectivity index (χ0) is 36.8. The van der Waals surface area contributed by atoms with Gasteiger partial charge in [-0.2, -0.15) is 0 Å². The molecular formula is C38H63NO12. The Bertz CT molecular complexity index is 1300. The number of morpholine rings is 1. The number of aliphatic hydroxyl groups excluding tert-OH is 3. The van der Waals surface area contributed by atoms with Crippen molar-refractivity contribution < 1.29 is 58.7 Å². The molecule has 6 fully saturated rings. The van der Waals surface area contributed by atoms with Crippen molar-refractivity contribution in [2.75, 3.05) is 20.8 Å². The lowest BCUT2D eigenvalue weighted by Gasteiger charge is -2.59. The highest BCUT2D eigenvalue weighted by atomic mass is 16.7. The molecule has 0 aromatic rings. The van der Waals surface area contributed by atoms with Crippen molar-refractivity contribution in [3.8, 4) is 0 Å². The summed E-state index contributed by atoms with van der Waals surface area (Å²) in [5.74, 6) is 0.691. The van der Waals surface area contributed by atoms with Crippen molar-refractivity contribution >= 4 is 0 Å². The third-order valence-corrected chi connectivity index (χ3v) is 14.7. The van der Waals surface area contributed by atoms with Gasteiger partial charge in [0.15, 0.2) is 12.6 Å². The number of rotatable bonds is 7. The maximum absolute atomic E-state index is 13.3. The Balaban J connectivity index is 1.12. The molecule has 0 spiro atoms. The fourth-order valence-electron chi connectivity index (χ4n) is 11.9. The van der Waals surface area contributed by atoms with Gasteiger partial charge in [-0.3, -0.25) is 5.32 Å². The van der Waals surface area contributed by atoms with E-state index in [0.717, 1.165) is 38.5 Å². The molecule has 3 saturated carbocycles. The summed E-state index contributed by atoms with van der Waals surface area (Å²) in [6.45, 7) is 11.8. The summed E-state index contributed by atoms with van der Waals surface area (Å²) >= 11 is 0. The number of nitrogens with one attached hydrogen (secondary N) is 1. The molecule has 0 aromatic heterocycles. The van der Waals surface area contributed by atoms with Gasteiger partial charge in [0.2, 0.25) is 0 Å². The second kappa shape index (κ2) is 13.8. The van der Waals surface area contributed by atoms with Gasteiger partial charge >= 0.3 is 0 Å². The molecule has 13 nitrogen and oxygen atoms in total. The maximum Gasteiger partial charge on any atom is 0.187 e. The lowest BCUT2D eigenvalue weighted by atomic mass is 9.46. The molecule has 20 atom stereocenters. The van der Waals surface area contributed by atoms with E-state index in [9.17, 15) is 25.5 Å². The Morgan fingerprint density at radius 2 is 1.69 bits per heavy atom. The SMILES string of the molecule is CO[C@H]1[C@H](O)[C@@H](O[C@H]2[C@H](C)O[C@H](O[C@H](C)[C@]3(O)[C@H]4N[C@@](C)(O)CO[C@@H]4[C@@H]4[C@@H]5CC=C6C[C@@H](O)CC[C@]6(C)[C@H]5CC[C@@]43C)C[C@H]2OC)O[C@@H](C)[C@@H]1O. The quantitative estimate of drug-likeness (QED) is 0.210. The van der Waals surface area contributed by atoms with Crippen LogP contribution in [-0.4, -0.2) is 137 Å². The molecule has 0 radical (unpaired) electrons. The predicted molar refractivity (Wildman–Crippen MR) is 183 cm³/mol. The summed E-state index contributed by atoms with van der Waals surface area (Å²) in [7, 11) is 3.01. The van der Waals surface area contributed by atoms with Crippen LogP contribution >= 0.6 is 0 Å². The molecule has 292 valence electrons. The smallest absolute Gasteiger partial charge is 0.187 e. The van der Waals surface area contributed by atoms with Gasteiger partial charge < -0.3 is 58.7 Å². The molecule has 3 heterocycles. The van der Waals surface area contributed by atoms with Crippen LogP contribution in [-0.2, 0) is 33.2 Å². The molecule has 0 bridgehead atoms. The number of hydrogen-bond acceptors (Lipinski definition) is 13. The van der Waals surface area contributed by atoms with Crippen LogP contribution in [0.4, 0.5) is 0 Å². The van der Waals surface area contributed by atoms with Gasteiger partial charge in [0, 0.05) is 26.1 Å². The zero-order valence-corrected chi connectivity index (χ0v) is 31.6. The first kappa shape index (κ1) is 38.5. The van der Waals surface area contributed by atoms with Crippen LogP contribution in [0.15, 0.2) is 11.6 Å². The third-order valence-electron chi connectivity index (χ3n) is 14.7. The van der Waals surface area contributed by atoms with Gasteiger partial charge in [-0.1, -0.05) is 25.5 Å². The van der Waals surface area contributed by atoms with Gasteiger partial charge in [0.1, 0.15) is 35.7 Å². The Labute approximate surface area is 302 Å². The third kappa shape index (κ3) is 6.09. The molecule has 0 unspecified atom stereocenters. The number of hydrogen-bond donors (Lipinski definition) is 6. The highest BCUT2D eigenvalue weighted by Crippen LogP contribution is 2.69. The van der Waals surface area contributed by atoms with Gasteiger partial charge in [-0.25, -0.2) is 0 Å². The highest BCUT2D eigenvalue weighted by Gasteiger charge is 2.74. The Hall–Kier alpha value is -0.780. The first-order valence-electron chi connectivity index (χ1n) is 19.2. The molecule has 0 amide bonds. The average Bonchev–Trinajstić information content (AvgIpc) is 3.27. The van der Waals surface area contributed by atoms with E-state index in [4.69, 9.17) is 33.2 Å². The van der Waals surface area contributed by atoms with Crippen molar-refractivity contribution in [2.45, 2.75) is 177 Å². The molecule has 3 aliphatic heterocycles. The normalized spacial score (nSPS) is 56.3. The second-order valence-electron chi connectivity index (χ2n) is 17.6. The Morgan fingerprint density at radius 3 is 2.39 bits per heavy atom. The molecule has 3 saturated heterocycles. The van der Waals surface area contributed by atoms with Crippen LogP contribution in [0.25, 0.3) is 0 Å². The van der Waals surface area contributed by atoms with E-state index in [1.807, 2.05) is 13.8 Å². The van der Waals surface area contributed by atoms with Crippen LogP contribution in [0, 0.1) is 28.6 Å². The largest absolute Gasteiger partial charge is 0.393 e. The summed E-state index contributed by atoms with van der Waals surface area (Å²) in [6.07, 6.45) is -0.814. The molecule has 4 aliphatic carbocycles. The van der Waals surface area contributed by atoms with E-state index >= 15 is 0 Å². The van der Waals surface area contributed by atoms with Crippen LogP contribution in [0.5, 0.6) is 0 Å². The molecule has 0 aromatic carbocycles. The van der Waals surface area contributed by atoms with Crippen molar-refractivity contribution in [2.24, 2.45) is 28.6 Å². The minimum absolute atomic E-state index is 0.0102. The van der Waals surface area contributed by atoms with E-state index in [-0.39, 0.29) is 36.1 Å². The monoisotopic (exact) mass is 725 g/mol. The minimum Gasteiger partial charge on any atom is -0.393 e. The van der Waals surface area contributed by atoms with E-state index < -0.39 is 84.2 Å². The predicted octanol–water partition coefficient (Wildman–Crippen LogP) is 1.75. The van der Waals surface area contributed by atoms with Gasteiger partial charge in [0.05, 0.1) is 49.3 Å². The number of allylic oxidation sites excluding steroid dienone is 1. The average molecular weight is 726 g/mol. The first-order chi connectivity index (χ1) is 24.0. The van der Waals surface area contributed by atoms with Crippen molar-refractivity contribution in [1.29, 1.82) is 0 Å². The lowest BCUT2D eigenvalue weighted by Crippen LogP contribution is -2.70. The summed E-state index contributed by atoms with van der Waals surface area (Å²) in [4.78, 5) is 0. The van der Waals surface area contributed by atoms with Crippen molar-refractivity contribution in [3.05, 3.63) is 11.6 Å². The molecule has 7 aliphatic rings. The summed E-state index contributed by atoms with van der Waals surface area (Å²) in [6, 6.07) is -0.595. The number of ether oxygens (including phenoxy) is 7. The second-order valence-corrected chi connectivity index (χ2v) is 17.6. The summed E-state index contributed by atoms with van der Waals surface area (Å²) in [5.41, 5.74) is -1.97. The molecule has 13 heteroatoms.